The van der Waals surface area contributed by atoms with Crippen LogP contribution >= 0.6 is 11.6 Å². The minimum absolute atomic E-state index is 0.578. The molecule has 104 valence electrons. The molecular weight excluding hydrogens is 248 g/mol. The Morgan fingerprint density at radius 1 is 1.33 bits per heavy atom. The van der Waals surface area contributed by atoms with Crippen molar-refractivity contribution in [3.05, 3.63) is 17.2 Å². The van der Waals surface area contributed by atoms with Crippen LogP contribution in [0.5, 0.6) is 0 Å². The quantitative estimate of drug-likeness (QED) is 0.773. The van der Waals surface area contributed by atoms with Gasteiger partial charge in [0.15, 0.2) is 0 Å². The van der Waals surface area contributed by atoms with Gasteiger partial charge < -0.3 is 9.88 Å². The zero-order chi connectivity index (χ0) is 13.7. The van der Waals surface area contributed by atoms with Crippen molar-refractivity contribution in [1.29, 1.82) is 0 Å². The Morgan fingerprint density at radius 2 is 1.94 bits per heavy atom. The monoisotopic (exact) mass is 272 g/mol. The number of imidazole rings is 1. The molecule has 0 spiro atoms. The molecule has 0 saturated heterocycles. The Bertz CT molecular complexity index is 352. The first-order valence-corrected chi connectivity index (χ1v) is 6.93. The highest BCUT2D eigenvalue weighted by Crippen LogP contribution is 2.08. The summed E-state index contributed by atoms with van der Waals surface area (Å²) in [7, 11) is 1.93. The molecule has 0 aliphatic carbocycles. The van der Waals surface area contributed by atoms with Gasteiger partial charge in [-0.05, 0) is 27.7 Å². The Balaban J connectivity index is 2.32. The minimum Gasteiger partial charge on any atom is -0.321 e. The molecule has 0 aliphatic rings. The van der Waals surface area contributed by atoms with Crippen molar-refractivity contribution in [3.63, 3.8) is 0 Å². The summed E-state index contributed by atoms with van der Waals surface area (Å²) in [6.45, 7) is 11.7. The van der Waals surface area contributed by atoms with E-state index in [-0.39, 0.29) is 0 Å². The maximum atomic E-state index is 5.94. The van der Waals surface area contributed by atoms with E-state index in [9.17, 15) is 0 Å². The molecule has 4 nitrogen and oxygen atoms in total. The van der Waals surface area contributed by atoms with E-state index in [1.165, 1.54) is 0 Å². The SMILES string of the molecule is CC(C)N(CCNCc1ncc(Cl)n1C)C(C)C. The molecule has 0 atom stereocenters. The summed E-state index contributed by atoms with van der Waals surface area (Å²) in [6, 6.07) is 1.16. The summed E-state index contributed by atoms with van der Waals surface area (Å²) in [6.07, 6.45) is 1.69. The average molecular weight is 273 g/mol. The van der Waals surface area contributed by atoms with Crippen LogP contribution in [-0.4, -0.2) is 39.6 Å². The fourth-order valence-corrected chi connectivity index (χ4v) is 2.26. The van der Waals surface area contributed by atoms with Crippen LogP contribution in [0.15, 0.2) is 6.20 Å². The van der Waals surface area contributed by atoms with Crippen LogP contribution in [0.2, 0.25) is 5.15 Å². The van der Waals surface area contributed by atoms with E-state index in [2.05, 4.69) is 42.9 Å². The zero-order valence-corrected chi connectivity index (χ0v) is 12.8. The van der Waals surface area contributed by atoms with Crippen LogP contribution in [0.1, 0.15) is 33.5 Å². The van der Waals surface area contributed by atoms with Gasteiger partial charge in [-0.15, -0.1) is 0 Å². The van der Waals surface area contributed by atoms with Crippen LogP contribution in [0.3, 0.4) is 0 Å². The molecule has 0 radical (unpaired) electrons. The number of rotatable bonds is 7. The second-order valence-corrected chi connectivity index (χ2v) is 5.55. The molecule has 0 unspecified atom stereocenters. The summed E-state index contributed by atoms with van der Waals surface area (Å²) in [5.41, 5.74) is 0. The van der Waals surface area contributed by atoms with E-state index in [4.69, 9.17) is 11.6 Å². The maximum Gasteiger partial charge on any atom is 0.128 e. The number of nitrogens with one attached hydrogen (secondary N) is 1. The topological polar surface area (TPSA) is 33.1 Å². The lowest BCUT2D eigenvalue weighted by Crippen LogP contribution is -2.41. The molecule has 1 N–H and O–H groups in total. The highest BCUT2D eigenvalue weighted by Gasteiger charge is 2.12. The van der Waals surface area contributed by atoms with Gasteiger partial charge in [-0.25, -0.2) is 4.98 Å². The number of hydrogen-bond donors (Lipinski definition) is 1. The van der Waals surface area contributed by atoms with Gasteiger partial charge in [-0.3, -0.25) is 4.90 Å². The molecule has 0 fully saturated rings. The molecular formula is C13H25ClN4. The Hall–Kier alpha value is -0.580. The molecule has 1 aromatic heterocycles. The van der Waals surface area contributed by atoms with Crippen molar-refractivity contribution in [1.82, 2.24) is 19.8 Å². The summed E-state index contributed by atoms with van der Waals surface area (Å²) in [5, 5.41) is 4.09. The second kappa shape index (κ2) is 7.12. The summed E-state index contributed by atoms with van der Waals surface area (Å²) >= 11 is 5.94. The molecule has 18 heavy (non-hydrogen) atoms. The minimum atomic E-state index is 0.578. The van der Waals surface area contributed by atoms with Crippen LogP contribution in [0, 0.1) is 0 Å². The molecule has 0 amide bonds. The largest absolute Gasteiger partial charge is 0.321 e. The van der Waals surface area contributed by atoms with Gasteiger partial charge in [0.05, 0.1) is 12.7 Å². The standard InChI is InChI=1S/C13H25ClN4/c1-10(2)18(11(3)4)7-6-15-9-13-16-8-12(14)17(13)5/h8,10-11,15H,6-7,9H2,1-5H3. The summed E-state index contributed by atoms with van der Waals surface area (Å²) < 4.78 is 1.90. The molecule has 1 rings (SSSR count). The predicted octanol–water partition coefficient (Wildman–Crippen LogP) is 2.28. The van der Waals surface area contributed by atoms with Gasteiger partial charge in [0.25, 0.3) is 0 Å². The Kier molecular flexibility index (Phi) is 6.12. The predicted molar refractivity (Wildman–Crippen MR) is 76.9 cm³/mol. The first-order valence-electron chi connectivity index (χ1n) is 6.56. The molecule has 0 saturated carbocycles. The van der Waals surface area contributed by atoms with Crippen molar-refractivity contribution < 1.29 is 0 Å². The molecule has 1 heterocycles. The third kappa shape index (κ3) is 4.26. The highest BCUT2D eigenvalue weighted by atomic mass is 35.5. The van der Waals surface area contributed by atoms with Crippen LogP contribution in [0.4, 0.5) is 0 Å². The summed E-state index contributed by atoms with van der Waals surface area (Å²) in [5.74, 6) is 0.973. The van der Waals surface area contributed by atoms with E-state index in [0.29, 0.717) is 17.2 Å². The molecule has 5 heteroatoms. The lowest BCUT2D eigenvalue weighted by molar-refractivity contribution is 0.175. The van der Waals surface area contributed by atoms with Crippen molar-refractivity contribution in [2.45, 2.75) is 46.3 Å². The Labute approximate surface area is 115 Å². The van der Waals surface area contributed by atoms with Gasteiger partial charge >= 0.3 is 0 Å². The van der Waals surface area contributed by atoms with Crippen molar-refractivity contribution in [3.8, 4) is 0 Å². The number of aromatic nitrogens is 2. The number of nitrogens with zero attached hydrogens (tertiary/aromatic N) is 3. The number of halogens is 1. The van der Waals surface area contributed by atoms with E-state index >= 15 is 0 Å². The Morgan fingerprint density at radius 3 is 2.39 bits per heavy atom. The smallest absolute Gasteiger partial charge is 0.128 e. The van der Waals surface area contributed by atoms with Crippen molar-refractivity contribution in [2.24, 2.45) is 7.05 Å². The molecule has 0 aliphatic heterocycles. The van der Waals surface area contributed by atoms with E-state index < -0.39 is 0 Å². The van der Waals surface area contributed by atoms with Gasteiger partial charge in [-0.2, -0.15) is 0 Å². The van der Waals surface area contributed by atoms with E-state index in [1.807, 2.05) is 11.6 Å². The third-order valence-electron chi connectivity index (χ3n) is 3.18. The van der Waals surface area contributed by atoms with Crippen molar-refractivity contribution >= 4 is 11.6 Å². The first kappa shape index (κ1) is 15.5. The first-order chi connectivity index (χ1) is 8.43. The fraction of sp³-hybridized carbons (Fsp3) is 0.769. The lowest BCUT2D eigenvalue weighted by atomic mass is 10.2. The van der Waals surface area contributed by atoms with Crippen molar-refractivity contribution in [2.75, 3.05) is 13.1 Å². The molecule has 0 bridgehead atoms. The van der Waals surface area contributed by atoms with E-state index in [0.717, 1.165) is 25.5 Å². The highest BCUT2D eigenvalue weighted by molar-refractivity contribution is 6.29. The van der Waals surface area contributed by atoms with E-state index in [1.54, 1.807) is 6.20 Å². The summed E-state index contributed by atoms with van der Waals surface area (Å²) in [4.78, 5) is 6.73. The van der Waals surface area contributed by atoms with Gasteiger partial charge in [-0.1, -0.05) is 11.6 Å². The third-order valence-corrected chi connectivity index (χ3v) is 3.54. The van der Waals surface area contributed by atoms with Gasteiger partial charge in [0, 0.05) is 32.2 Å². The average Bonchev–Trinajstić information content (AvgIpc) is 2.59. The van der Waals surface area contributed by atoms with Gasteiger partial charge in [0.1, 0.15) is 11.0 Å². The van der Waals surface area contributed by atoms with Crippen LogP contribution < -0.4 is 5.32 Å². The van der Waals surface area contributed by atoms with Crippen LogP contribution in [-0.2, 0) is 13.6 Å². The van der Waals surface area contributed by atoms with Crippen LogP contribution in [0.25, 0.3) is 0 Å². The molecule has 1 aromatic rings. The number of hydrogen-bond acceptors (Lipinski definition) is 3. The van der Waals surface area contributed by atoms with Gasteiger partial charge in [0.2, 0.25) is 0 Å². The lowest BCUT2D eigenvalue weighted by Gasteiger charge is -2.30. The zero-order valence-electron chi connectivity index (χ0n) is 12.1. The molecule has 0 aromatic carbocycles. The maximum absolute atomic E-state index is 5.94. The normalized spacial score (nSPS) is 12.1. The fourth-order valence-electron chi connectivity index (χ4n) is 2.11. The second-order valence-electron chi connectivity index (χ2n) is 5.16.